The molecule has 0 unspecified atom stereocenters. The summed E-state index contributed by atoms with van der Waals surface area (Å²) in [5.74, 6) is 0.279. The highest BCUT2D eigenvalue weighted by Gasteiger charge is 2.52. The Morgan fingerprint density at radius 3 is 2.53 bits per heavy atom. The molecule has 2 fully saturated rings. The summed E-state index contributed by atoms with van der Waals surface area (Å²) in [5.41, 5.74) is 2.60. The third-order valence-electron chi connectivity index (χ3n) is 7.45. The Labute approximate surface area is 190 Å². The molecule has 2 amide bonds. The van der Waals surface area contributed by atoms with Gasteiger partial charge >= 0.3 is 0 Å². The van der Waals surface area contributed by atoms with Crippen LogP contribution in [0.2, 0.25) is 0 Å². The Balaban J connectivity index is 0.000000913. The number of H-pyrrole nitrogens is 1. The zero-order valence-corrected chi connectivity index (χ0v) is 19.9. The van der Waals surface area contributed by atoms with Crippen LogP contribution in [0, 0.1) is 10.8 Å². The quantitative estimate of drug-likeness (QED) is 0.693. The van der Waals surface area contributed by atoms with Gasteiger partial charge in [0, 0.05) is 36.9 Å². The third kappa shape index (κ3) is 4.69. The highest BCUT2D eigenvalue weighted by atomic mass is 16.3. The Morgan fingerprint density at radius 1 is 1.22 bits per heavy atom. The van der Waals surface area contributed by atoms with Crippen LogP contribution in [0.5, 0.6) is 0 Å². The van der Waals surface area contributed by atoms with E-state index in [4.69, 9.17) is 9.90 Å². The summed E-state index contributed by atoms with van der Waals surface area (Å²) in [6.45, 7) is 10.9. The Bertz CT molecular complexity index is 840. The number of nitrogens with zero attached hydrogens (tertiary/aromatic N) is 3. The van der Waals surface area contributed by atoms with Crippen LogP contribution in [0.25, 0.3) is 0 Å². The number of aryl methyl sites for hydroxylation is 1. The van der Waals surface area contributed by atoms with Crippen molar-refractivity contribution in [2.45, 2.75) is 85.1 Å². The van der Waals surface area contributed by atoms with Crippen LogP contribution in [0.4, 0.5) is 0 Å². The van der Waals surface area contributed by atoms with E-state index in [9.17, 15) is 9.59 Å². The SMILES string of the molecule is C[C@@H]1N(C(=O)c2n[nH]c3c2CCC3)CCC[C@@]12CCCN(CCC(C)(C)C)C2=O.O=CO. The lowest BCUT2D eigenvalue weighted by molar-refractivity contribution is -0.154. The predicted molar refractivity (Wildman–Crippen MR) is 121 cm³/mol. The first kappa shape index (κ1) is 24.3. The summed E-state index contributed by atoms with van der Waals surface area (Å²) in [7, 11) is 0. The van der Waals surface area contributed by atoms with Gasteiger partial charge in [-0.2, -0.15) is 5.10 Å². The van der Waals surface area contributed by atoms with Crippen molar-refractivity contribution in [2.75, 3.05) is 19.6 Å². The molecule has 2 atom stereocenters. The summed E-state index contributed by atoms with van der Waals surface area (Å²) in [6.07, 6.45) is 7.70. The van der Waals surface area contributed by atoms with Crippen molar-refractivity contribution in [1.82, 2.24) is 20.0 Å². The summed E-state index contributed by atoms with van der Waals surface area (Å²) in [4.78, 5) is 39.4. The van der Waals surface area contributed by atoms with Gasteiger partial charge in [0.15, 0.2) is 5.69 Å². The Hall–Kier alpha value is -2.38. The van der Waals surface area contributed by atoms with E-state index in [0.717, 1.165) is 82.3 Å². The van der Waals surface area contributed by atoms with Crippen molar-refractivity contribution >= 4 is 18.3 Å². The van der Waals surface area contributed by atoms with Crippen LogP contribution in [-0.2, 0) is 22.4 Å². The maximum absolute atomic E-state index is 13.6. The van der Waals surface area contributed by atoms with Gasteiger partial charge in [-0.15, -0.1) is 0 Å². The number of carboxylic acid groups (broad SMARTS) is 1. The Morgan fingerprint density at radius 2 is 1.88 bits per heavy atom. The normalized spacial score (nSPS) is 25.4. The average molecular weight is 447 g/mol. The first-order valence-corrected chi connectivity index (χ1v) is 11.9. The van der Waals surface area contributed by atoms with Gasteiger partial charge in [-0.25, -0.2) is 0 Å². The van der Waals surface area contributed by atoms with Crippen molar-refractivity contribution in [3.8, 4) is 0 Å². The zero-order valence-electron chi connectivity index (χ0n) is 19.9. The minimum Gasteiger partial charge on any atom is -0.483 e. The minimum atomic E-state index is -0.427. The molecule has 1 aliphatic carbocycles. The summed E-state index contributed by atoms with van der Waals surface area (Å²) in [5, 5.41) is 14.3. The highest BCUT2D eigenvalue weighted by molar-refractivity contribution is 5.95. The van der Waals surface area contributed by atoms with Crippen molar-refractivity contribution in [3.63, 3.8) is 0 Å². The van der Waals surface area contributed by atoms with Crippen molar-refractivity contribution in [3.05, 3.63) is 17.0 Å². The van der Waals surface area contributed by atoms with Crippen LogP contribution in [-0.4, -0.2) is 69.1 Å². The number of amides is 2. The number of nitrogens with one attached hydrogen (secondary N) is 1. The van der Waals surface area contributed by atoms with Gasteiger partial charge < -0.3 is 14.9 Å². The second-order valence-electron chi connectivity index (χ2n) is 10.6. The molecule has 8 heteroatoms. The topological polar surface area (TPSA) is 107 Å². The smallest absolute Gasteiger partial charge is 0.290 e. The lowest BCUT2D eigenvalue weighted by Crippen LogP contribution is -2.62. The summed E-state index contributed by atoms with van der Waals surface area (Å²) >= 11 is 0. The molecule has 0 aromatic carbocycles. The first-order chi connectivity index (χ1) is 15.1. The lowest BCUT2D eigenvalue weighted by Gasteiger charge is -2.51. The molecule has 8 nitrogen and oxygen atoms in total. The molecule has 1 aromatic heterocycles. The molecule has 0 saturated carbocycles. The monoisotopic (exact) mass is 446 g/mol. The number of rotatable bonds is 3. The highest BCUT2D eigenvalue weighted by Crippen LogP contribution is 2.45. The van der Waals surface area contributed by atoms with Crippen LogP contribution >= 0.6 is 0 Å². The molecule has 1 spiro atoms. The van der Waals surface area contributed by atoms with E-state index >= 15 is 0 Å². The molecular weight excluding hydrogens is 408 g/mol. The van der Waals surface area contributed by atoms with Gasteiger partial charge in [0.25, 0.3) is 12.4 Å². The molecule has 0 bridgehead atoms. The van der Waals surface area contributed by atoms with Gasteiger partial charge in [-0.05, 0) is 63.7 Å². The fourth-order valence-electron chi connectivity index (χ4n) is 5.59. The number of carbonyl (C=O) groups excluding carboxylic acids is 2. The molecule has 32 heavy (non-hydrogen) atoms. The van der Waals surface area contributed by atoms with E-state index in [2.05, 4.69) is 42.8 Å². The predicted octanol–water partition coefficient (Wildman–Crippen LogP) is 3.27. The van der Waals surface area contributed by atoms with Gasteiger partial charge in [0.2, 0.25) is 5.91 Å². The molecule has 0 radical (unpaired) electrons. The van der Waals surface area contributed by atoms with E-state index in [1.54, 1.807) is 0 Å². The fraction of sp³-hybridized carbons (Fsp3) is 0.750. The lowest BCUT2D eigenvalue weighted by atomic mass is 9.67. The van der Waals surface area contributed by atoms with E-state index in [-0.39, 0.29) is 29.7 Å². The first-order valence-electron chi connectivity index (χ1n) is 11.9. The zero-order chi connectivity index (χ0) is 23.5. The van der Waals surface area contributed by atoms with Gasteiger partial charge in [-0.1, -0.05) is 20.8 Å². The molecule has 2 aliphatic heterocycles. The number of likely N-dealkylation sites (tertiary alicyclic amines) is 2. The van der Waals surface area contributed by atoms with Crippen LogP contribution in [0.15, 0.2) is 0 Å². The number of fused-ring (bicyclic) bond motifs is 1. The number of carbonyl (C=O) groups is 3. The molecule has 3 heterocycles. The second kappa shape index (κ2) is 9.63. The Kier molecular flexibility index (Phi) is 7.30. The summed E-state index contributed by atoms with van der Waals surface area (Å²) < 4.78 is 0. The number of aromatic nitrogens is 2. The minimum absolute atomic E-state index is 0.00981. The number of aromatic amines is 1. The van der Waals surface area contributed by atoms with Crippen LogP contribution in [0.3, 0.4) is 0 Å². The fourth-order valence-corrected chi connectivity index (χ4v) is 5.59. The largest absolute Gasteiger partial charge is 0.483 e. The van der Waals surface area contributed by atoms with E-state index in [1.807, 2.05) is 4.90 Å². The van der Waals surface area contributed by atoms with Gasteiger partial charge in [-0.3, -0.25) is 19.5 Å². The van der Waals surface area contributed by atoms with Crippen molar-refractivity contribution in [2.24, 2.45) is 10.8 Å². The van der Waals surface area contributed by atoms with E-state index in [0.29, 0.717) is 5.69 Å². The summed E-state index contributed by atoms with van der Waals surface area (Å²) in [6, 6.07) is -0.0811. The van der Waals surface area contributed by atoms with Crippen molar-refractivity contribution < 1.29 is 19.5 Å². The molecule has 4 rings (SSSR count). The molecule has 3 aliphatic rings. The molecule has 2 saturated heterocycles. The van der Waals surface area contributed by atoms with Crippen molar-refractivity contribution in [1.29, 1.82) is 0 Å². The second-order valence-corrected chi connectivity index (χ2v) is 10.6. The molecular formula is C24H38N4O4. The van der Waals surface area contributed by atoms with Gasteiger partial charge in [0.05, 0.1) is 5.41 Å². The number of hydrogen-bond donors (Lipinski definition) is 2. The molecule has 178 valence electrons. The number of piperidine rings is 2. The standard InChI is InChI=1S/C23H36N4O2.CH2O2/c1-16-23(10-6-13-26(21(23)29)15-12-22(2,3)4)11-7-14-27(16)20(28)19-17-8-5-9-18(17)24-25-19;2-1-3/h16H,5-15H2,1-4H3,(H,24,25);1H,(H,2,3)/t16-,23-;/m0./s1. The van der Waals surface area contributed by atoms with Crippen LogP contribution in [0.1, 0.15) is 88.0 Å². The third-order valence-corrected chi connectivity index (χ3v) is 7.45. The maximum Gasteiger partial charge on any atom is 0.290 e. The molecule has 2 N–H and O–H groups in total. The van der Waals surface area contributed by atoms with E-state index in [1.165, 1.54) is 0 Å². The average Bonchev–Trinajstić information content (AvgIpc) is 3.34. The molecule has 1 aromatic rings. The number of hydrogen-bond acceptors (Lipinski definition) is 4. The van der Waals surface area contributed by atoms with Crippen LogP contribution < -0.4 is 0 Å². The van der Waals surface area contributed by atoms with E-state index < -0.39 is 5.41 Å². The van der Waals surface area contributed by atoms with Gasteiger partial charge in [0.1, 0.15) is 0 Å². The maximum atomic E-state index is 13.6.